The van der Waals surface area contributed by atoms with Crippen LogP contribution in [0.15, 0.2) is 0 Å². The standard InChI is InChI=1S/C8H16FN/c1-6(2)5-10-8-4-3-7(8)9/h6-8,10H,3-5H2,1-2H3. The van der Waals surface area contributed by atoms with Gasteiger partial charge in [0, 0.05) is 6.04 Å². The normalized spacial score (nSPS) is 32.4. The van der Waals surface area contributed by atoms with Gasteiger partial charge in [-0.3, -0.25) is 0 Å². The molecule has 1 N–H and O–H groups in total. The van der Waals surface area contributed by atoms with Crippen LogP contribution < -0.4 is 5.32 Å². The lowest BCUT2D eigenvalue weighted by atomic mass is 9.90. The number of rotatable bonds is 3. The Bertz CT molecular complexity index is 103. The van der Waals surface area contributed by atoms with Crippen molar-refractivity contribution in [2.75, 3.05) is 6.54 Å². The van der Waals surface area contributed by atoms with E-state index in [0.29, 0.717) is 5.92 Å². The second kappa shape index (κ2) is 3.33. The summed E-state index contributed by atoms with van der Waals surface area (Å²) in [5.41, 5.74) is 0. The molecule has 2 unspecified atom stereocenters. The molecule has 1 aliphatic carbocycles. The molecule has 2 atom stereocenters. The van der Waals surface area contributed by atoms with Crippen molar-refractivity contribution in [2.45, 2.75) is 38.9 Å². The minimum Gasteiger partial charge on any atom is -0.311 e. The first-order chi connectivity index (χ1) is 4.70. The molecule has 0 aromatic rings. The Kier molecular flexibility index (Phi) is 2.66. The molecule has 0 aliphatic heterocycles. The van der Waals surface area contributed by atoms with Gasteiger partial charge in [0.05, 0.1) is 0 Å². The maximum Gasteiger partial charge on any atom is 0.115 e. The van der Waals surface area contributed by atoms with Gasteiger partial charge >= 0.3 is 0 Å². The molecule has 1 aliphatic rings. The van der Waals surface area contributed by atoms with Gasteiger partial charge in [0.25, 0.3) is 0 Å². The molecule has 0 aromatic heterocycles. The third kappa shape index (κ3) is 1.94. The highest BCUT2D eigenvalue weighted by atomic mass is 19.1. The fourth-order valence-electron chi connectivity index (χ4n) is 1.08. The van der Waals surface area contributed by atoms with E-state index >= 15 is 0 Å². The maximum absolute atomic E-state index is 12.6. The van der Waals surface area contributed by atoms with Gasteiger partial charge in [-0.1, -0.05) is 13.8 Å². The molecule has 1 rings (SSSR count). The predicted molar refractivity (Wildman–Crippen MR) is 40.8 cm³/mol. The van der Waals surface area contributed by atoms with Gasteiger partial charge in [0.2, 0.25) is 0 Å². The monoisotopic (exact) mass is 145 g/mol. The minimum absolute atomic E-state index is 0.169. The summed E-state index contributed by atoms with van der Waals surface area (Å²) in [5.74, 6) is 0.632. The Labute approximate surface area is 62.0 Å². The summed E-state index contributed by atoms with van der Waals surface area (Å²) < 4.78 is 12.6. The number of halogens is 1. The molecule has 1 fully saturated rings. The zero-order valence-electron chi connectivity index (χ0n) is 6.73. The third-order valence-corrected chi connectivity index (χ3v) is 1.98. The van der Waals surface area contributed by atoms with Crippen molar-refractivity contribution in [3.05, 3.63) is 0 Å². The van der Waals surface area contributed by atoms with E-state index in [1.54, 1.807) is 0 Å². The van der Waals surface area contributed by atoms with E-state index in [4.69, 9.17) is 0 Å². The van der Waals surface area contributed by atoms with Crippen molar-refractivity contribution in [1.82, 2.24) is 5.32 Å². The Hall–Kier alpha value is -0.110. The first kappa shape index (κ1) is 7.99. The molecule has 1 saturated carbocycles. The molecule has 10 heavy (non-hydrogen) atoms. The third-order valence-electron chi connectivity index (χ3n) is 1.98. The van der Waals surface area contributed by atoms with Crippen LogP contribution in [0.3, 0.4) is 0 Å². The van der Waals surface area contributed by atoms with Gasteiger partial charge < -0.3 is 5.32 Å². The number of nitrogens with one attached hydrogen (secondary N) is 1. The van der Waals surface area contributed by atoms with Crippen molar-refractivity contribution < 1.29 is 4.39 Å². The summed E-state index contributed by atoms with van der Waals surface area (Å²) >= 11 is 0. The average molecular weight is 145 g/mol. The summed E-state index contributed by atoms with van der Waals surface area (Å²) in [6.45, 7) is 5.23. The first-order valence-electron chi connectivity index (χ1n) is 4.07. The highest BCUT2D eigenvalue weighted by Gasteiger charge is 2.29. The molecular weight excluding hydrogens is 129 g/mol. The molecule has 0 spiro atoms. The van der Waals surface area contributed by atoms with Crippen molar-refractivity contribution in [1.29, 1.82) is 0 Å². The summed E-state index contributed by atoms with van der Waals surface area (Å²) in [5, 5.41) is 3.19. The van der Waals surface area contributed by atoms with Crippen LogP contribution in [0.4, 0.5) is 4.39 Å². The Morgan fingerprint density at radius 1 is 1.50 bits per heavy atom. The van der Waals surface area contributed by atoms with E-state index in [9.17, 15) is 4.39 Å². The Morgan fingerprint density at radius 2 is 2.20 bits per heavy atom. The highest BCUT2D eigenvalue weighted by Crippen LogP contribution is 2.22. The SMILES string of the molecule is CC(C)CNC1CCC1F. The lowest BCUT2D eigenvalue weighted by molar-refractivity contribution is 0.140. The second-order valence-corrected chi connectivity index (χ2v) is 3.50. The molecule has 2 heteroatoms. The number of hydrogen-bond acceptors (Lipinski definition) is 1. The summed E-state index contributed by atoms with van der Waals surface area (Å²) in [6, 6.07) is 0.169. The van der Waals surface area contributed by atoms with Crippen LogP contribution in [0, 0.1) is 5.92 Å². The minimum atomic E-state index is -0.571. The Morgan fingerprint density at radius 3 is 2.50 bits per heavy atom. The molecular formula is C8H16FN. The van der Waals surface area contributed by atoms with E-state index in [1.807, 2.05) is 0 Å². The molecule has 0 amide bonds. The van der Waals surface area contributed by atoms with Gasteiger partial charge in [-0.05, 0) is 25.3 Å². The van der Waals surface area contributed by atoms with Crippen molar-refractivity contribution in [3.63, 3.8) is 0 Å². The van der Waals surface area contributed by atoms with E-state index in [2.05, 4.69) is 19.2 Å². The molecule has 0 bridgehead atoms. The van der Waals surface area contributed by atoms with Gasteiger partial charge in [-0.25, -0.2) is 4.39 Å². The van der Waals surface area contributed by atoms with Gasteiger partial charge in [-0.2, -0.15) is 0 Å². The number of hydrogen-bond donors (Lipinski definition) is 1. The van der Waals surface area contributed by atoms with Crippen LogP contribution in [-0.2, 0) is 0 Å². The smallest absolute Gasteiger partial charge is 0.115 e. The van der Waals surface area contributed by atoms with Gasteiger partial charge in [-0.15, -0.1) is 0 Å². The van der Waals surface area contributed by atoms with Gasteiger partial charge in [0.15, 0.2) is 0 Å². The summed E-state index contributed by atoms with van der Waals surface area (Å²) in [4.78, 5) is 0. The lowest BCUT2D eigenvalue weighted by Gasteiger charge is -2.31. The topological polar surface area (TPSA) is 12.0 Å². The largest absolute Gasteiger partial charge is 0.311 e. The number of alkyl halides is 1. The molecule has 0 saturated heterocycles. The van der Waals surface area contributed by atoms with Crippen molar-refractivity contribution in [2.24, 2.45) is 5.92 Å². The Balaban J connectivity index is 2.03. The predicted octanol–water partition coefficient (Wildman–Crippen LogP) is 1.73. The first-order valence-corrected chi connectivity index (χ1v) is 4.07. The van der Waals surface area contributed by atoms with Crippen molar-refractivity contribution in [3.8, 4) is 0 Å². The van der Waals surface area contributed by atoms with Gasteiger partial charge in [0.1, 0.15) is 6.17 Å². The highest BCUT2D eigenvalue weighted by molar-refractivity contribution is 4.86. The summed E-state index contributed by atoms with van der Waals surface area (Å²) in [6.07, 6.45) is 1.21. The molecule has 0 heterocycles. The van der Waals surface area contributed by atoms with E-state index < -0.39 is 6.17 Å². The van der Waals surface area contributed by atoms with E-state index in [0.717, 1.165) is 19.4 Å². The molecule has 0 radical (unpaired) electrons. The van der Waals surface area contributed by atoms with Crippen LogP contribution >= 0.6 is 0 Å². The van der Waals surface area contributed by atoms with Crippen LogP contribution in [0.2, 0.25) is 0 Å². The maximum atomic E-state index is 12.6. The van der Waals surface area contributed by atoms with E-state index in [-0.39, 0.29) is 6.04 Å². The van der Waals surface area contributed by atoms with Crippen LogP contribution in [0.25, 0.3) is 0 Å². The zero-order chi connectivity index (χ0) is 7.56. The fraction of sp³-hybridized carbons (Fsp3) is 1.00. The van der Waals surface area contributed by atoms with Crippen LogP contribution in [-0.4, -0.2) is 18.8 Å². The van der Waals surface area contributed by atoms with Crippen molar-refractivity contribution >= 4 is 0 Å². The van der Waals surface area contributed by atoms with Crippen LogP contribution in [0.5, 0.6) is 0 Å². The average Bonchev–Trinajstić information content (AvgIpc) is 1.84. The molecule has 1 nitrogen and oxygen atoms in total. The summed E-state index contributed by atoms with van der Waals surface area (Å²) in [7, 11) is 0. The van der Waals surface area contributed by atoms with Crippen LogP contribution in [0.1, 0.15) is 26.7 Å². The molecule has 60 valence electrons. The lowest BCUT2D eigenvalue weighted by Crippen LogP contribution is -2.46. The fourth-order valence-corrected chi connectivity index (χ4v) is 1.08. The van der Waals surface area contributed by atoms with E-state index in [1.165, 1.54) is 0 Å². The molecule has 0 aromatic carbocycles. The second-order valence-electron chi connectivity index (χ2n) is 3.50. The quantitative estimate of drug-likeness (QED) is 0.637. The zero-order valence-corrected chi connectivity index (χ0v) is 6.73.